The maximum Gasteiger partial charge on any atom is 0.410 e. The van der Waals surface area contributed by atoms with Gasteiger partial charge in [-0.2, -0.15) is 0 Å². The fourth-order valence-electron chi connectivity index (χ4n) is 8.39. The van der Waals surface area contributed by atoms with E-state index in [2.05, 4.69) is 24.3 Å². The largest absolute Gasteiger partial charge is 0.481 e. The lowest BCUT2D eigenvalue weighted by atomic mass is 10.0. The van der Waals surface area contributed by atoms with Gasteiger partial charge in [0.05, 0.1) is 337 Å². The van der Waals surface area contributed by atoms with Gasteiger partial charge in [-0.25, -0.2) is 4.79 Å². The van der Waals surface area contributed by atoms with Gasteiger partial charge in [-0.1, -0.05) is 48.5 Å². The molecule has 0 heterocycles. The number of methoxy groups -OCH3 is 1. The van der Waals surface area contributed by atoms with Crippen molar-refractivity contribution < 1.29 is 133 Å². The number of amides is 1. The fourth-order valence-corrected chi connectivity index (χ4v) is 8.39. The fraction of sp³-hybridized carbons (Fsp3) is 0.788. The highest BCUT2D eigenvalue weighted by atomic mass is 16.6. The van der Waals surface area contributed by atoms with Crippen molar-refractivity contribution in [3.8, 4) is 11.1 Å². The summed E-state index contributed by atoms with van der Waals surface area (Å²) >= 11 is 0. The molecule has 0 saturated carbocycles. The number of nitrogens with zero attached hydrogens (tertiary/aromatic N) is 1. The molecule has 0 fully saturated rings. The molecule has 2 aromatic rings. The van der Waals surface area contributed by atoms with Crippen LogP contribution in [0, 0.1) is 0 Å². The lowest BCUT2D eigenvalue weighted by Crippen LogP contribution is -2.37. The Morgan fingerprint density at radius 1 is 0.274 bits per heavy atom. The van der Waals surface area contributed by atoms with Crippen molar-refractivity contribution in [1.82, 2.24) is 4.90 Å². The Morgan fingerprint density at radius 2 is 0.442 bits per heavy atom. The minimum atomic E-state index is -0.881. The molecule has 0 unspecified atom stereocenters. The van der Waals surface area contributed by atoms with E-state index in [9.17, 15) is 9.59 Å². The van der Waals surface area contributed by atoms with Crippen LogP contribution < -0.4 is 0 Å². The SMILES string of the molecule is COC(=O)N(CCOCCOCCOCCOCCOCCOCCOCCOCCOCCOCCOCCOCCOCCOCCOCCOCCOCCOCCOCCOCCOCCOCCOCCOCCC(=O)O)C1c2ccccc2-c2ccccc21. The second kappa shape index (κ2) is 67.4. The van der Waals surface area contributed by atoms with Crippen LogP contribution in [0.3, 0.4) is 0 Å². The number of carboxylic acid groups (broad SMARTS) is 1. The molecule has 550 valence electrons. The Kier molecular flexibility index (Phi) is 60.6. The van der Waals surface area contributed by atoms with Crippen LogP contribution >= 0.6 is 0 Å². The van der Waals surface area contributed by atoms with Crippen LogP contribution in [0.1, 0.15) is 23.6 Å². The standard InChI is InChI=1S/C66H113NO28/c1-71-66(70)67(65-62-8-4-2-6-60(62)61-7-3-5-9-63(61)65)11-13-73-15-17-75-19-21-77-23-25-79-27-29-81-31-33-83-35-37-85-39-41-87-43-45-89-47-49-91-51-53-93-55-57-95-59-58-94-56-54-92-52-50-90-48-46-88-44-42-86-40-38-84-36-34-82-32-30-80-28-26-78-24-22-76-20-18-74-16-14-72-12-10-64(68)69/h2-9,65H,10-59H2,1H3,(H,68,69). The lowest BCUT2D eigenvalue weighted by molar-refractivity contribution is -0.138. The molecule has 1 aliphatic rings. The molecule has 1 N–H and O–H groups in total. The smallest absolute Gasteiger partial charge is 0.410 e. The van der Waals surface area contributed by atoms with E-state index in [0.29, 0.717) is 317 Å². The Labute approximate surface area is 562 Å². The van der Waals surface area contributed by atoms with Crippen molar-refractivity contribution in [1.29, 1.82) is 0 Å². The van der Waals surface area contributed by atoms with E-state index >= 15 is 0 Å². The van der Waals surface area contributed by atoms with Gasteiger partial charge in [0.2, 0.25) is 0 Å². The summed E-state index contributed by atoms with van der Waals surface area (Å²) < 4.78 is 138. The molecule has 0 bridgehead atoms. The molecule has 1 amide bonds. The van der Waals surface area contributed by atoms with E-state index < -0.39 is 12.1 Å². The Morgan fingerprint density at radius 3 is 0.621 bits per heavy atom. The number of fused-ring (bicyclic) bond motifs is 3. The molecule has 0 saturated heterocycles. The van der Waals surface area contributed by atoms with Crippen LogP contribution in [0.15, 0.2) is 48.5 Å². The number of rotatable bonds is 76. The summed E-state index contributed by atoms with van der Waals surface area (Å²) in [5.74, 6) is -0.881. The normalized spacial score (nSPS) is 12.1. The summed E-state index contributed by atoms with van der Waals surface area (Å²) in [6.07, 6.45) is -0.407. The molecule has 2 aromatic carbocycles. The summed E-state index contributed by atoms with van der Waals surface area (Å²) in [6.45, 7) is 22.2. The van der Waals surface area contributed by atoms with Gasteiger partial charge in [0, 0.05) is 6.54 Å². The zero-order valence-electron chi connectivity index (χ0n) is 56.5. The zero-order chi connectivity index (χ0) is 67.3. The quantitative estimate of drug-likeness (QED) is 0.0924. The zero-order valence-corrected chi connectivity index (χ0v) is 56.5. The molecular weight excluding hydrogens is 1250 g/mol. The van der Waals surface area contributed by atoms with Gasteiger partial charge in [-0.05, 0) is 22.3 Å². The number of ether oxygens (including phenoxy) is 25. The van der Waals surface area contributed by atoms with Crippen molar-refractivity contribution in [2.24, 2.45) is 0 Å². The summed E-state index contributed by atoms with van der Waals surface area (Å²) in [4.78, 5) is 25.0. The maximum atomic E-state index is 12.9. The van der Waals surface area contributed by atoms with Gasteiger partial charge in [-0.3, -0.25) is 9.69 Å². The molecule has 3 rings (SSSR count). The number of carbonyl (C=O) groups excluding carboxylic acids is 1. The molecule has 1 aliphatic carbocycles. The summed E-state index contributed by atoms with van der Waals surface area (Å²) in [6, 6.07) is 16.1. The van der Waals surface area contributed by atoms with Crippen LogP contribution in [0.4, 0.5) is 4.79 Å². The highest BCUT2D eigenvalue weighted by molar-refractivity contribution is 5.81. The molecule has 0 radical (unpaired) electrons. The van der Waals surface area contributed by atoms with Crippen molar-refractivity contribution in [2.75, 3.05) is 331 Å². The van der Waals surface area contributed by atoms with Crippen LogP contribution in [0.5, 0.6) is 0 Å². The highest BCUT2D eigenvalue weighted by Gasteiger charge is 2.35. The van der Waals surface area contributed by atoms with Crippen LogP contribution in [0.2, 0.25) is 0 Å². The summed E-state index contributed by atoms with van der Waals surface area (Å²) in [5, 5.41) is 8.53. The molecule has 0 aromatic heterocycles. The van der Waals surface area contributed by atoms with E-state index in [1.54, 1.807) is 4.90 Å². The molecule has 0 aliphatic heterocycles. The first-order valence-corrected chi connectivity index (χ1v) is 33.2. The molecule has 29 heteroatoms. The van der Waals surface area contributed by atoms with Gasteiger partial charge in [0.1, 0.15) is 0 Å². The van der Waals surface area contributed by atoms with E-state index in [0.717, 1.165) is 22.3 Å². The Hall–Kier alpha value is -3.78. The number of benzene rings is 2. The lowest BCUT2D eigenvalue weighted by Gasteiger charge is -2.29. The van der Waals surface area contributed by atoms with Gasteiger partial charge in [0.15, 0.2) is 0 Å². The van der Waals surface area contributed by atoms with Crippen LogP contribution in [-0.4, -0.2) is 353 Å². The Balaban J connectivity index is 0.866. The van der Waals surface area contributed by atoms with Crippen LogP contribution in [-0.2, 0) is 123 Å². The van der Waals surface area contributed by atoms with E-state index in [1.165, 1.54) is 7.11 Å². The van der Waals surface area contributed by atoms with Crippen molar-refractivity contribution in [3.05, 3.63) is 59.7 Å². The third-order valence-corrected chi connectivity index (χ3v) is 13.0. The van der Waals surface area contributed by atoms with Gasteiger partial charge >= 0.3 is 12.1 Å². The van der Waals surface area contributed by atoms with E-state index in [4.69, 9.17) is 124 Å². The molecule has 0 spiro atoms. The molecule has 0 atom stereocenters. The first kappa shape index (κ1) is 85.4. The van der Waals surface area contributed by atoms with Crippen LogP contribution in [0.25, 0.3) is 11.1 Å². The first-order valence-electron chi connectivity index (χ1n) is 33.2. The number of hydrogen-bond donors (Lipinski definition) is 1. The second-order valence-corrected chi connectivity index (χ2v) is 20.1. The monoisotopic (exact) mass is 1370 g/mol. The average Bonchev–Trinajstić information content (AvgIpc) is 1.61. The molecular formula is C66H113NO28. The number of carboxylic acids is 1. The van der Waals surface area contributed by atoms with E-state index in [-0.39, 0.29) is 19.1 Å². The summed E-state index contributed by atoms with van der Waals surface area (Å²) in [7, 11) is 1.40. The number of hydrogen-bond acceptors (Lipinski definition) is 27. The van der Waals surface area contributed by atoms with E-state index in [1.807, 2.05) is 24.3 Å². The average molecular weight is 1370 g/mol. The third kappa shape index (κ3) is 51.1. The predicted octanol–water partition coefficient (Wildman–Crippen LogP) is 3.70. The van der Waals surface area contributed by atoms with Crippen molar-refractivity contribution in [2.45, 2.75) is 12.5 Å². The number of carbonyl (C=O) groups is 2. The molecule has 29 nitrogen and oxygen atoms in total. The topological polar surface area (TPSA) is 288 Å². The molecule has 95 heavy (non-hydrogen) atoms. The van der Waals surface area contributed by atoms with Crippen molar-refractivity contribution >= 4 is 12.1 Å². The van der Waals surface area contributed by atoms with Gasteiger partial charge in [0.25, 0.3) is 0 Å². The summed E-state index contributed by atoms with van der Waals surface area (Å²) in [5.41, 5.74) is 4.42. The van der Waals surface area contributed by atoms with Gasteiger partial charge < -0.3 is 124 Å². The predicted molar refractivity (Wildman–Crippen MR) is 345 cm³/mol. The second-order valence-electron chi connectivity index (χ2n) is 20.1. The highest BCUT2D eigenvalue weighted by Crippen LogP contribution is 2.46. The maximum absolute atomic E-state index is 12.9. The third-order valence-electron chi connectivity index (χ3n) is 13.0. The van der Waals surface area contributed by atoms with Gasteiger partial charge in [-0.15, -0.1) is 0 Å². The minimum Gasteiger partial charge on any atom is -0.481 e. The number of aliphatic carboxylic acids is 1. The Bertz CT molecular complexity index is 1940. The minimum absolute atomic E-state index is 0.0114. The van der Waals surface area contributed by atoms with Crippen molar-refractivity contribution in [3.63, 3.8) is 0 Å². The first-order chi connectivity index (χ1) is 47.1.